The minimum Gasteiger partial charge on any atom is -0.504 e. The highest BCUT2D eigenvalue weighted by Gasteiger charge is 2.15. The van der Waals surface area contributed by atoms with E-state index in [-0.39, 0.29) is 5.75 Å². The van der Waals surface area contributed by atoms with E-state index in [9.17, 15) is 5.11 Å². The molecule has 1 fully saturated rings. The number of methoxy groups -OCH3 is 1. The van der Waals surface area contributed by atoms with Gasteiger partial charge in [0.25, 0.3) is 0 Å². The topological polar surface area (TPSA) is 48.3 Å². The molecule has 0 aliphatic carbocycles. The average Bonchev–Trinajstić information content (AvgIpc) is 2.62. The molecule has 1 aliphatic heterocycles. The Morgan fingerprint density at radius 2 is 1.75 bits per heavy atom. The van der Waals surface area contributed by atoms with E-state index in [0.29, 0.717) is 5.75 Å². The van der Waals surface area contributed by atoms with Crippen molar-refractivity contribution in [3.05, 3.63) is 53.6 Å². The van der Waals surface area contributed by atoms with E-state index < -0.39 is 0 Å². The summed E-state index contributed by atoms with van der Waals surface area (Å²) in [6.45, 7) is 5.80. The van der Waals surface area contributed by atoms with Gasteiger partial charge in [0.2, 0.25) is 0 Å². The number of hydrogen-bond acceptors (Lipinski definition) is 5. The number of hydrogen-bond donors (Lipinski definition) is 1. The highest BCUT2D eigenvalue weighted by Crippen LogP contribution is 2.25. The van der Waals surface area contributed by atoms with E-state index in [0.717, 1.165) is 31.7 Å². The number of phenolic OH excluding ortho intramolecular Hbond substituents is 1. The van der Waals surface area contributed by atoms with Gasteiger partial charge in [-0.05, 0) is 42.8 Å². The van der Waals surface area contributed by atoms with Crippen LogP contribution in [0.3, 0.4) is 0 Å². The summed E-state index contributed by atoms with van der Waals surface area (Å²) in [5.41, 5.74) is 3.46. The third-order valence-electron chi connectivity index (χ3n) is 4.23. The molecule has 0 radical (unpaired) electrons. The van der Waals surface area contributed by atoms with Gasteiger partial charge in [0.1, 0.15) is 0 Å². The number of benzene rings is 2. The lowest BCUT2D eigenvalue weighted by Crippen LogP contribution is -2.44. The number of rotatable bonds is 4. The highest BCUT2D eigenvalue weighted by molar-refractivity contribution is 5.80. The summed E-state index contributed by atoms with van der Waals surface area (Å²) in [6, 6.07) is 13.9. The molecule has 2 aromatic carbocycles. The van der Waals surface area contributed by atoms with Gasteiger partial charge < -0.3 is 14.7 Å². The maximum absolute atomic E-state index is 9.62. The number of piperazine rings is 1. The fourth-order valence-corrected chi connectivity index (χ4v) is 2.75. The van der Waals surface area contributed by atoms with Crippen molar-refractivity contribution in [2.75, 3.05) is 38.2 Å². The van der Waals surface area contributed by atoms with Crippen molar-refractivity contribution in [2.24, 2.45) is 5.10 Å². The van der Waals surface area contributed by atoms with Gasteiger partial charge in [-0.1, -0.05) is 17.7 Å². The Labute approximate surface area is 142 Å². The Morgan fingerprint density at radius 3 is 2.42 bits per heavy atom. The van der Waals surface area contributed by atoms with Crippen LogP contribution in [0.4, 0.5) is 5.69 Å². The van der Waals surface area contributed by atoms with Crippen LogP contribution < -0.4 is 9.64 Å². The average molecular weight is 325 g/mol. The zero-order valence-electron chi connectivity index (χ0n) is 14.1. The second kappa shape index (κ2) is 7.25. The molecule has 5 heteroatoms. The molecule has 24 heavy (non-hydrogen) atoms. The molecule has 1 aliphatic rings. The molecule has 0 amide bonds. The third kappa shape index (κ3) is 3.79. The molecular formula is C19H23N3O2. The molecule has 1 saturated heterocycles. The summed E-state index contributed by atoms with van der Waals surface area (Å²) < 4.78 is 5.12. The molecule has 3 rings (SSSR count). The summed E-state index contributed by atoms with van der Waals surface area (Å²) in [5, 5.41) is 16.2. The number of aryl methyl sites for hydroxylation is 1. The van der Waals surface area contributed by atoms with Crippen molar-refractivity contribution >= 4 is 11.9 Å². The fraction of sp³-hybridized carbons (Fsp3) is 0.316. The molecule has 0 spiro atoms. The number of hydrazone groups is 1. The van der Waals surface area contributed by atoms with Crippen molar-refractivity contribution in [3.63, 3.8) is 0 Å². The summed E-state index contributed by atoms with van der Waals surface area (Å²) in [5.74, 6) is 0.601. The van der Waals surface area contributed by atoms with Crippen LogP contribution in [0, 0.1) is 6.92 Å². The standard InChI is InChI=1S/C19H23N3O2/c1-15-3-6-17(7-4-15)21-9-11-22(12-10-21)20-14-16-5-8-18(23)19(13-16)24-2/h3-8,13-14,23H,9-12H2,1-2H3/b20-14+. The molecule has 126 valence electrons. The van der Waals surface area contributed by atoms with Crippen LogP contribution in [0.5, 0.6) is 11.5 Å². The molecule has 0 unspecified atom stereocenters. The smallest absolute Gasteiger partial charge is 0.161 e. The van der Waals surface area contributed by atoms with Crippen molar-refractivity contribution in [1.82, 2.24) is 5.01 Å². The van der Waals surface area contributed by atoms with Crippen LogP contribution in [0.2, 0.25) is 0 Å². The lowest BCUT2D eigenvalue weighted by atomic mass is 10.2. The number of aromatic hydroxyl groups is 1. The van der Waals surface area contributed by atoms with Gasteiger partial charge in [-0.25, -0.2) is 0 Å². The Balaban J connectivity index is 1.58. The molecule has 0 aromatic heterocycles. The summed E-state index contributed by atoms with van der Waals surface area (Å²) >= 11 is 0. The van der Waals surface area contributed by atoms with Gasteiger partial charge in [-0.2, -0.15) is 5.10 Å². The second-order valence-electron chi connectivity index (χ2n) is 5.95. The number of anilines is 1. The minimum atomic E-state index is 0.140. The largest absolute Gasteiger partial charge is 0.504 e. The normalized spacial score (nSPS) is 15.1. The van der Waals surface area contributed by atoms with E-state index in [1.165, 1.54) is 11.3 Å². The lowest BCUT2D eigenvalue weighted by Gasteiger charge is -2.34. The summed E-state index contributed by atoms with van der Waals surface area (Å²) in [6.07, 6.45) is 1.81. The minimum absolute atomic E-state index is 0.140. The van der Waals surface area contributed by atoms with Gasteiger partial charge in [0, 0.05) is 18.8 Å². The fourth-order valence-electron chi connectivity index (χ4n) is 2.75. The maximum atomic E-state index is 9.62. The Bertz CT molecular complexity index is 705. The molecule has 0 bridgehead atoms. The number of phenols is 1. The van der Waals surface area contributed by atoms with Gasteiger partial charge in [-0.15, -0.1) is 0 Å². The first-order chi connectivity index (χ1) is 11.7. The third-order valence-corrected chi connectivity index (χ3v) is 4.23. The lowest BCUT2D eigenvalue weighted by molar-refractivity contribution is 0.272. The highest BCUT2D eigenvalue weighted by atomic mass is 16.5. The molecule has 1 N–H and O–H groups in total. The first-order valence-corrected chi connectivity index (χ1v) is 8.13. The maximum Gasteiger partial charge on any atom is 0.161 e. The predicted octanol–water partition coefficient (Wildman–Crippen LogP) is 2.87. The van der Waals surface area contributed by atoms with Crippen molar-refractivity contribution in [3.8, 4) is 11.5 Å². The zero-order chi connectivity index (χ0) is 16.9. The van der Waals surface area contributed by atoms with Crippen LogP contribution in [0.25, 0.3) is 0 Å². The molecular weight excluding hydrogens is 302 g/mol. The van der Waals surface area contributed by atoms with Crippen LogP contribution in [-0.4, -0.2) is 49.6 Å². The van der Waals surface area contributed by atoms with Crippen LogP contribution >= 0.6 is 0 Å². The molecule has 1 heterocycles. The number of nitrogens with zero attached hydrogens (tertiary/aromatic N) is 3. The Hall–Kier alpha value is -2.69. The number of ether oxygens (including phenoxy) is 1. The SMILES string of the molecule is COc1cc(/C=N/N2CCN(c3ccc(C)cc3)CC2)ccc1O. The molecule has 0 atom stereocenters. The first-order valence-electron chi connectivity index (χ1n) is 8.13. The van der Waals surface area contributed by atoms with E-state index >= 15 is 0 Å². The Kier molecular flexibility index (Phi) is 4.89. The quantitative estimate of drug-likeness (QED) is 0.878. The second-order valence-corrected chi connectivity index (χ2v) is 5.95. The van der Waals surface area contributed by atoms with Gasteiger partial charge >= 0.3 is 0 Å². The molecule has 0 saturated carbocycles. The molecule has 2 aromatic rings. The Morgan fingerprint density at radius 1 is 1.04 bits per heavy atom. The monoisotopic (exact) mass is 325 g/mol. The predicted molar refractivity (Wildman–Crippen MR) is 97.2 cm³/mol. The van der Waals surface area contributed by atoms with Crippen LogP contribution in [-0.2, 0) is 0 Å². The van der Waals surface area contributed by atoms with Gasteiger partial charge in [0.05, 0.1) is 26.4 Å². The first kappa shape index (κ1) is 16.2. The molecule has 5 nitrogen and oxygen atoms in total. The van der Waals surface area contributed by atoms with Crippen LogP contribution in [0.1, 0.15) is 11.1 Å². The van der Waals surface area contributed by atoms with Crippen molar-refractivity contribution in [1.29, 1.82) is 0 Å². The van der Waals surface area contributed by atoms with Gasteiger partial charge in [-0.3, -0.25) is 5.01 Å². The zero-order valence-corrected chi connectivity index (χ0v) is 14.1. The van der Waals surface area contributed by atoms with Crippen molar-refractivity contribution in [2.45, 2.75) is 6.92 Å². The van der Waals surface area contributed by atoms with E-state index in [2.05, 4.69) is 46.2 Å². The van der Waals surface area contributed by atoms with E-state index in [1.54, 1.807) is 19.2 Å². The van der Waals surface area contributed by atoms with Crippen LogP contribution in [0.15, 0.2) is 47.6 Å². The summed E-state index contributed by atoms with van der Waals surface area (Å²) in [7, 11) is 1.54. The van der Waals surface area contributed by atoms with Gasteiger partial charge in [0.15, 0.2) is 11.5 Å². The van der Waals surface area contributed by atoms with E-state index in [1.807, 2.05) is 12.3 Å². The van der Waals surface area contributed by atoms with Crippen molar-refractivity contribution < 1.29 is 9.84 Å². The summed E-state index contributed by atoms with van der Waals surface area (Å²) in [4.78, 5) is 2.38. The van der Waals surface area contributed by atoms with E-state index in [4.69, 9.17) is 4.74 Å².